The fourth-order valence-corrected chi connectivity index (χ4v) is 2.20. The maximum atomic E-state index is 6.09. The highest BCUT2D eigenvalue weighted by Crippen LogP contribution is 2.22. The number of halogens is 3. The van der Waals surface area contributed by atoms with Gasteiger partial charge in [-0.15, -0.1) is 0 Å². The van der Waals surface area contributed by atoms with Crippen LogP contribution in [0.2, 0.25) is 10.0 Å². The molecule has 1 aromatic carbocycles. The highest BCUT2D eigenvalue weighted by molar-refractivity contribution is 9.10. The Hall–Kier alpha value is -0.420. The van der Waals surface area contributed by atoms with Crippen molar-refractivity contribution in [2.45, 2.75) is 6.42 Å². The molecule has 0 aliphatic heterocycles. The Balaban J connectivity index is 2.31. The van der Waals surface area contributed by atoms with E-state index in [1.165, 1.54) is 0 Å². The molecule has 0 saturated heterocycles. The van der Waals surface area contributed by atoms with Gasteiger partial charge in [-0.25, -0.2) is 4.98 Å². The second kappa shape index (κ2) is 5.48. The molecule has 0 amide bonds. The Kier molecular flexibility index (Phi) is 4.20. The van der Waals surface area contributed by atoms with Crippen molar-refractivity contribution in [3.63, 3.8) is 0 Å². The first-order chi connectivity index (χ1) is 8.06. The lowest BCUT2D eigenvalue weighted by atomic mass is 10.1. The lowest BCUT2D eigenvalue weighted by Crippen LogP contribution is -1.97. The molecule has 2 nitrogen and oxygen atoms in total. The summed E-state index contributed by atoms with van der Waals surface area (Å²) in [6.07, 6.45) is 2.27. The average Bonchev–Trinajstić information content (AvgIpc) is 2.27. The van der Waals surface area contributed by atoms with Crippen molar-refractivity contribution in [1.82, 2.24) is 9.97 Å². The van der Waals surface area contributed by atoms with Crippen LogP contribution < -0.4 is 0 Å². The molecule has 17 heavy (non-hydrogen) atoms. The number of aromatic nitrogens is 2. The molecular weight excluding hydrogens is 343 g/mol. The van der Waals surface area contributed by atoms with Crippen molar-refractivity contribution in [2.24, 2.45) is 0 Å². The van der Waals surface area contributed by atoms with Crippen LogP contribution >= 0.6 is 51.3 Å². The number of hydrogen-bond donors (Lipinski definition) is 1. The van der Waals surface area contributed by atoms with Crippen molar-refractivity contribution in [1.29, 1.82) is 0 Å². The molecule has 0 spiro atoms. The van der Waals surface area contributed by atoms with E-state index in [4.69, 9.17) is 35.4 Å². The van der Waals surface area contributed by atoms with Gasteiger partial charge in [-0.1, -0.05) is 41.5 Å². The molecule has 1 N–H and O–H groups in total. The van der Waals surface area contributed by atoms with Crippen LogP contribution in [0, 0.1) is 4.64 Å². The molecule has 0 atom stereocenters. The van der Waals surface area contributed by atoms with Crippen LogP contribution in [0.1, 0.15) is 11.4 Å². The number of nitrogens with zero attached hydrogens (tertiary/aromatic N) is 1. The van der Waals surface area contributed by atoms with Crippen LogP contribution in [0.25, 0.3) is 0 Å². The van der Waals surface area contributed by atoms with Crippen LogP contribution in [-0.4, -0.2) is 9.97 Å². The molecule has 0 radical (unpaired) electrons. The van der Waals surface area contributed by atoms with Gasteiger partial charge in [-0.3, -0.25) is 0 Å². The minimum atomic E-state index is 0.590. The maximum absolute atomic E-state index is 6.09. The molecule has 1 aromatic heterocycles. The number of rotatable bonds is 2. The third kappa shape index (κ3) is 3.28. The number of nitrogens with one attached hydrogen (secondary N) is 1. The fourth-order valence-electron chi connectivity index (χ4n) is 1.35. The summed E-state index contributed by atoms with van der Waals surface area (Å²) in [5.41, 5.74) is 0.955. The summed E-state index contributed by atoms with van der Waals surface area (Å²) < 4.78 is 1.40. The summed E-state index contributed by atoms with van der Waals surface area (Å²) in [5, 5.41) is 1.25. The number of benzene rings is 1. The second-order valence-corrected chi connectivity index (χ2v) is 5.53. The number of H-pyrrole nitrogens is 1. The van der Waals surface area contributed by atoms with Crippen molar-refractivity contribution in [3.05, 3.63) is 54.9 Å². The predicted molar refractivity (Wildman–Crippen MR) is 76.4 cm³/mol. The van der Waals surface area contributed by atoms with Gasteiger partial charge in [0.05, 0.1) is 4.47 Å². The smallest absolute Gasteiger partial charge is 0.120 e. The van der Waals surface area contributed by atoms with Gasteiger partial charge in [0.2, 0.25) is 0 Å². The van der Waals surface area contributed by atoms with Crippen molar-refractivity contribution in [3.8, 4) is 0 Å². The van der Waals surface area contributed by atoms with E-state index in [1.54, 1.807) is 18.3 Å². The molecule has 2 aromatic rings. The van der Waals surface area contributed by atoms with Gasteiger partial charge < -0.3 is 4.98 Å². The maximum Gasteiger partial charge on any atom is 0.120 e. The Labute approximate surface area is 122 Å². The van der Waals surface area contributed by atoms with E-state index in [0.29, 0.717) is 21.1 Å². The van der Waals surface area contributed by atoms with Gasteiger partial charge in [0.1, 0.15) is 10.5 Å². The van der Waals surface area contributed by atoms with Gasteiger partial charge in [0.25, 0.3) is 0 Å². The first-order valence-corrected chi connectivity index (χ1v) is 6.69. The van der Waals surface area contributed by atoms with Crippen LogP contribution in [0.3, 0.4) is 0 Å². The van der Waals surface area contributed by atoms with E-state index >= 15 is 0 Å². The van der Waals surface area contributed by atoms with E-state index in [2.05, 4.69) is 25.9 Å². The molecule has 6 heteroatoms. The van der Waals surface area contributed by atoms with Gasteiger partial charge in [0, 0.05) is 22.7 Å². The molecule has 0 bridgehead atoms. The average molecular weight is 350 g/mol. The van der Waals surface area contributed by atoms with E-state index < -0.39 is 0 Å². The molecule has 1 heterocycles. The van der Waals surface area contributed by atoms with Gasteiger partial charge >= 0.3 is 0 Å². The molecule has 0 unspecified atom stereocenters. The summed E-state index contributed by atoms with van der Waals surface area (Å²) in [5.74, 6) is 0.766. The fraction of sp³-hybridized carbons (Fsp3) is 0.0909. The molecule has 2 rings (SSSR count). The lowest BCUT2D eigenvalue weighted by molar-refractivity contribution is 0.953. The lowest BCUT2D eigenvalue weighted by Gasteiger charge is -2.04. The molecule has 0 aliphatic carbocycles. The third-order valence-corrected chi connectivity index (χ3v) is 3.95. The number of aromatic amines is 1. The third-order valence-electron chi connectivity index (χ3n) is 2.18. The number of hydrogen-bond acceptors (Lipinski definition) is 2. The molecule has 0 saturated carbocycles. The van der Waals surface area contributed by atoms with Gasteiger partial charge in [-0.2, -0.15) is 0 Å². The summed E-state index contributed by atoms with van der Waals surface area (Å²) in [6, 6.07) is 5.40. The minimum Gasteiger partial charge on any atom is -0.334 e. The van der Waals surface area contributed by atoms with E-state index in [0.717, 1.165) is 15.9 Å². The first-order valence-electron chi connectivity index (χ1n) is 4.74. The minimum absolute atomic E-state index is 0.590. The van der Waals surface area contributed by atoms with E-state index in [1.807, 2.05) is 6.07 Å². The summed E-state index contributed by atoms with van der Waals surface area (Å²) >= 11 is 20.3. The Morgan fingerprint density at radius 1 is 1.35 bits per heavy atom. The van der Waals surface area contributed by atoms with E-state index in [-0.39, 0.29) is 0 Å². The zero-order valence-corrected chi connectivity index (χ0v) is 12.4. The summed E-state index contributed by atoms with van der Waals surface area (Å²) in [7, 11) is 0. The standard InChI is InChI=1S/C11H7BrCl2N2S/c12-8-5-15-10(16-11(8)17)3-6-1-2-7(13)4-9(6)14/h1-2,4-5H,3H2,(H,15,16,17). The zero-order valence-electron chi connectivity index (χ0n) is 8.51. The summed E-state index contributed by atoms with van der Waals surface area (Å²) in [4.78, 5) is 7.27. The highest BCUT2D eigenvalue weighted by Gasteiger charge is 2.04. The van der Waals surface area contributed by atoms with Crippen LogP contribution in [0.5, 0.6) is 0 Å². The Bertz CT molecular complexity index is 613. The van der Waals surface area contributed by atoms with Gasteiger partial charge in [0.15, 0.2) is 0 Å². The van der Waals surface area contributed by atoms with Crippen molar-refractivity contribution >= 4 is 51.3 Å². The molecule has 0 aliphatic rings. The largest absolute Gasteiger partial charge is 0.334 e. The zero-order chi connectivity index (χ0) is 12.4. The first kappa shape index (κ1) is 13.0. The van der Waals surface area contributed by atoms with Gasteiger partial charge in [-0.05, 0) is 33.6 Å². The topological polar surface area (TPSA) is 28.7 Å². The SMILES string of the molecule is S=c1[nH]c(Cc2ccc(Cl)cc2Cl)ncc1Br. The Morgan fingerprint density at radius 2 is 2.12 bits per heavy atom. The van der Waals surface area contributed by atoms with Crippen LogP contribution in [-0.2, 0) is 6.42 Å². The monoisotopic (exact) mass is 348 g/mol. The predicted octanol–water partition coefficient (Wildman–Crippen LogP) is 4.80. The Morgan fingerprint density at radius 3 is 2.76 bits per heavy atom. The molecule has 88 valence electrons. The van der Waals surface area contributed by atoms with Crippen molar-refractivity contribution in [2.75, 3.05) is 0 Å². The molecule has 0 fully saturated rings. The quantitative estimate of drug-likeness (QED) is 0.789. The molecular formula is C11H7BrCl2N2S. The second-order valence-electron chi connectivity index (χ2n) is 3.42. The summed E-state index contributed by atoms with van der Waals surface area (Å²) in [6.45, 7) is 0. The highest BCUT2D eigenvalue weighted by atomic mass is 79.9. The van der Waals surface area contributed by atoms with E-state index in [9.17, 15) is 0 Å². The van der Waals surface area contributed by atoms with Crippen LogP contribution in [0.4, 0.5) is 0 Å². The van der Waals surface area contributed by atoms with Crippen molar-refractivity contribution < 1.29 is 0 Å². The van der Waals surface area contributed by atoms with Crippen LogP contribution in [0.15, 0.2) is 28.9 Å². The normalized spacial score (nSPS) is 10.5.